The van der Waals surface area contributed by atoms with E-state index in [0.29, 0.717) is 11.3 Å². The van der Waals surface area contributed by atoms with E-state index in [2.05, 4.69) is 21.4 Å². The highest BCUT2D eigenvalue weighted by molar-refractivity contribution is 9.10. The quantitative estimate of drug-likeness (QED) is 0.588. The highest BCUT2D eigenvalue weighted by Gasteiger charge is 2.34. The molecule has 0 spiro atoms. The Hall–Kier alpha value is -3.00. The summed E-state index contributed by atoms with van der Waals surface area (Å²) in [6, 6.07) is 9.97. The van der Waals surface area contributed by atoms with Crippen molar-refractivity contribution in [2.45, 2.75) is 0 Å². The number of hydrazine groups is 1. The number of halogens is 1. The van der Waals surface area contributed by atoms with Crippen molar-refractivity contribution in [2.75, 3.05) is 19.2 Å². The third kappa shape index (κ3) is 3.23. The van der Waals surface area contributed by atoms with Crippen LogP contribution in [0, 0.1) is 0 Å². The molecule has 1 aliphatic rings. The Labute approximate surface area is 157 Å². The van der Waals surface area contributed by atoms with Crippen LogP contribution in [0.5, 0.6) is 17.2 Å². The van der Waals surface area contributed by atoms with Crippen LogP contribution in [0.2, 0.25) is 0 Å². The van der Waals surface area contributed by atoms with Gasteiger partial charge in [-0.2, -0.15) is 0 Å². The van der Waals surface area contributed by atoms with E-state index < -0.39 is 11.8 Å². The van der Waals surface area contributed by atoms with Crippen molar-refractivity contribution in [3.8, 4) is 17.2 Å². The molecular weight excluding hydrogens is 404 g/mol. The summed E-state index contributed by atoms with van der Waals surface area (Å²) < 4.78 is 11.0. The Morgan fingerprint density at radius 2 is 1.65 bits per heavy atom. The van der Waals surface area contributed by atoms with E-state index in [0.717, 1.165) is 4.47 Å². The number of carbonyl (C=O) groups is 2. The van der Waals surface area contributed by atoms with Gasteiger partial charge in [-0.05, 0) is 48.0 Å². The third-order valence-corrected chi connectivity index (χ3v) is 4.32. The lowest BCUT2D eigenvalue weighted by Gasteiger charge is -2.14. The number of carbonyl (C=O) groups excluding carboxylic acids is 2. The molecule has 8 heteroatoms. The largest absolute Gasteiger partial charge is 0.502 e. The predicted octanol–water partition coefficient (Wildman–Crippen LogP) is 2.63. The number of nitrogens with zero attached hydrogens (tertiary/aromatic N) is 1. The zero-order valence-electron chi connectivity index (χ0n) is 13.9. The number of hydrogen-bond acceptors (Lipinski definition) is 5. The predicted molar refractivity (Wildman–Crippen MR) is 99.0 cm³/mol. The van der Waals surface area contributed by atoms with Crippen LogP contribution in [0.3, 0.4) is 0 Å². The van der Waals surface area contributed by atoms with Crippen LogP contribution >= 0.6 is 15.9 Å². The molecule has 3 rings (SSSR count). The maximum Gasteiger partial charge on any atom is 0.282 e. The second-order valence-electron chi connectivity index (χ2n) is 5.39. The molecule has 0 saturated carbocycles. The molecule has 2 amide bonds. The fourth-order valence-corrected chi connectivity index (χ4v) is 2.76. The highest BCUT2D eigenvalue weighted by Crippen LogP contribution is 2.38. The van der Waals surface area contributed by atoms with Gasteiger partial charge in [0.2, 0.25) is 5.75 Å². The molecule has 0 aromatic heterocycles. The first-order valence-electron chi connectivity index (χ1n) is 7.52. The Bertz CT molecular complexity index is 883. The number of rotatable bonds is 4. The second-order valence-corrected chi connectivity index (χ2v) is 6.31. The molecule has 0 unspecified atom stereocenters. The van der Waals surface area contributed by atoms with E-state index in [1.807, 2.05) is 0 Å². The molecule has 1 fully saturated rings. The Kier molecular flexibility index (Phi) is 4.85. The molecule has 2 aromatic carbocycles. The number of benzene rings is 2. The van der Waals surface area contributed by atoms with Gasteiger partial charge < -0.3 is 14.6 Å². The SMILES string of the molecule is COc1cc(/C=C2\C(=O)NN(c3ccc(Br)cc3)C2=O)cc(OC)c1O. The molecular formula is C18H15BrN2O5. The minimum atomic E-state index is -0.524. The van der Waals surface area contributed by atoms with Crippen molar-refractivity contribution in [3.05, 3.63) is 52.0 Å². The van der Waals surface area contributed by atoms with Crippen molar-refractivity contribution in [2.24, 2.45) is 0 Å². The van der Waals surface area contributed by atoms with Crippen LogP contribution < -0.4 is 19.9 Å². The fourth-order valence-electron chi connectivity index (χ4n) is 2.49. The molecule has 0 aliphatic carbocycles. The summed E-state index contributed by atoms with van der Waals surface area (Å²) in [5, 5.41) is 11.1. The molecule has 1 saturated heterocycles. The average Bonchev–Trinajstić information content (AvgIpc) is 2.91. The van der Waals surface area contributed by atoms with Gasteiger partial charge in [0.15, 0.2) is 11.5 Å². The van der Waals surface area contributed by atoms with Gasteiger partial charge in [0, 0.05) is 4.47 Å². The average molecular weight is 419 g/mol. The van der Waals surface area contributed by atoms with Crippen molar-refractivity contribution in [3.63, 3.8) is 0 Å². The molecule has 0 bridgehead atoms. The number of nitrogens with one attached hydrogen (secondary N) is 1. The summed E-state index contributed by atoms with van der Waals surface area (Å²) >= 11 is 3.32. The number of aromatic hydroxyl groups is 1. The van der Waals surface area contributed by atoms with E-state index in [1.54, 1.807) is 24.3 Å². The summed E-state index contributed by atoms with van der Waals surface area (Å²) in [5.74, 6) is -0.818. The van der Waals surface area contributed by atoms with Crippen molar-refractivity contribution in [1.82, 2.24) is 5.43 Å². The van der Waals surface area contributed by atoms with Crippen LogP contribution in [0.15, 0.2) is 46.4 Å². The molecule has 1 aliphatic heterocycles. The van der Waals surface area contributed by atoms with Crippen LogP contribution in [0.4, 0.5) is 5.69 Å². The topological polar surface area (TPSA) is 88.1 Å². The van der Waals surface area contributed by atoms with Crippen LogP contribution in [0.25, 0.3) is 6.08 Å². The second kappa shape index (κ2) is 7.09. The first-order chi connectivity index (χ1) is 12.4. The van der Waals surface area contributed by atoms with Gasteiger partial charge in [-0.1, -0.05) is 15.9 Å². The number of hydrogen-bond donors (Lipinski definition) is 2. The molecule has 134 valence electrons. The van der Waals surface area contributed by atoms with E-state index >= 15 is 0 Å². The normalized spacial score (nSPS) is 15.3. The number of phenols is 1. The van der Waals surface area contributed by atoms with Gasteiger partial charge in [0.05, 0.1) is 19.9 Å². The highest BCUT2D eigenvalue weighted by atomic mass is 79.9. The number of methoxy groups -OCH3 is 2. The summed E-state index contributed by atoms with van der Waals surface area (Å²) in [6.45, 7) is 0. The Balaban J connectivity index is 1.97. The summed E-state index contributed by atoms with van der Waals surface area (Å²) in [4.78, 5) is 24.9. The van der Waals surface area contributed by atoms with Crippen LogP contribution in [0.1, 0.15) is 5.56 Å². The van der Waals surface area contributed by atoms with Gasteiger partial charge in [-0.15, -0.1) is 0 Å². The minimum Gasteiger partial charge on any atom is -0.502 e. The van der Waals surface area contributed by atoms with Gasteiger partial charge in [-0.25, -0.2) is 5.01 Å². The van der Waals surface area contributed by atoms with E-state index in [4.69, 9.17) is 9.47 Å². The maximum absolute atomic E-state index is 12.6. The lowest BCUT2D eigenvalue weighted by atomic mass is 10.1. The summed E-state index contributed by atoms with van der Waals surface area (Å²) in [7, 11) is 2.79. The molecule has 2 aromatic rings. The first-order valence-corrected chi connectivity index (χ1v) is 8.31. The third-order valence-electron chi connectivity index (χ3n) is 3.79. The zero-order chi connectivity index (χ0) is 18.8. The lowest BCUT2D eigenvalue weighted by molar-refractivity contribution is -0.117. The number of ether oxygens (including phenoxy) is 2. The summed E-state index contributed by atoms with van der Waals surface area (Å²) in [6.07, 6.45) is 1.42. The Morgan fingerprint density at radius 1 is 1.08 bits per heavy atom. The van der Waals surface area contributed by atoms with Crippen LogP contribution in [-0.4, -0.2) is 31.1 Å². The lowest BCUT2D eigenvalue weighted by Crippen LogP contribution is -2.35. The molecule has 7 nitrogen and oxygen atoms in total. The molecule has 2 N–H and O–H groups in total. The molecule has 0 atom stereocenters. The van der Waals surface area contributed by atoms with E-state index in [9.17, 15) is 14.7 Å². The molecule has 1 heterocycles. The standard InChI is InChI=1S/C18H15BrN2O5/c1-25-14-8-10(9-15(26-2)16(14)22)7-13-17(23)20-21(18(13)24)12-5-3-11(19)4-6-12/h3-9,22H,1-2H3,(H,20,23)/b13-7+. The van der Waals surface area contributed by atoms with E-state index in [1.165, 1.54) is 37.4 Å². The maximum atomic E-state index is 12.6. The Morgan fingerprint density at radius 3 is 2.19 bits per heavy atom. The van der Waals surface area contributed by atoms with Gasteiger partial charge in [0.1, 0.15) is 5.57 Å². The van der Waals surface area contributed by atoms with Gasteiger partial charge >= 0.3 is 0 Å². The molecule has 0 radical (unpaired) electrons. The smallest absolute Gasteiger partial charge is 0.282 e. The minimum absolute atomic E-state index is 0.0392. The zero-order valence-corrected chi connectivity index (χ0v) is 15.5. The van der Waals surface area contributed by atoms with Gasteiger partial charge in [-0.3, -0.25) is 15.0 Å². The van der Waals surface area contributed by atoms with E-state index in [-0.39, 0.29) is 22.8 Å². The van der Waals surface area contributed by atoms with Crippen LogP contribution in [-0.2, 0) is 9.59 Å². The number of amides is 2. The number of anilines is 1. The molecule has 26 heavy (non-hydrogen) atoms. The van der Waals surface area contributed by atoms with Crippen molar-refractivity contribution >= 4 is 39.5 Å². The first kappa shape index (κ1) is 17.8. The van der Waals surface area contributed by atoms with Gasteiger partial charge in [0.25, 0.3) is 11.8 Å². The van der Waals surface area contributed by atoms with Crippen molar-refractivity contribution < 1.29 is 24.2 Å². The summed E-state index contributed by atoms with van der Waals surface area (Å²) in [5.41, 5.74) is 3.51. The van der Waals surface area contributed by atoms with Crippen molar-refractivity contribution in [1.29, 1.82) is 0 Å². The fraction of sp³-hybridized carbons (Fsp3) is 0.111. The monoisotopic (exact) mass is 418 g/mol. The number of phenolic OH excluding ortho intramolecular Hbond substituents is 1.